The molecule has 1 aromatic rings. The van der Waals surface area contributed by atoms with E-state index >= 15 is 0 Å². The maximum Gasteiger partial charge on any atom is 0.163 e. The minimum absolute atomic E-state index is 0.183. The van der Waals surface area contributed by atoms with E-state index in [0.717, 1.165) is 18.6 Å². The van der Waals surface area contributed by atoms with Gasteiger partial charge in [-0.05, 0) is 25.8 Å². The molecule has 0 aliphatic carbocycles. The van der Waals surface area contributed by atoms with Crippen LogP contribution < -0.4 is 0 Å². The summed E-state index contributed by atoms with van der Waals surface area (Å²) in [4.78, 5) is 0. The first-order valence-electron chi connectivity index (χ1n) is 7.58. The second-order valence-corrected chi connectivity index (χ2v) is 5.99. The minimum atomic E-state index is -0.485. The van der Waals surface area contributed by atoms with Crippen molar-refractivity contribution in [2.45, 2.75) is 45.7 Å². The molecule has 0 aromatic heterocycles. The Morgan fingerprint density at radius 1 is 1.24 bits per heavy atom. The van der Waals surface area contributed by atoms with Crippen LogP contribution in [0.2, 0.25) is 0 Å². The van der Waals surface area contributed by atoms with Crippen molar-refractivity contribution in [3.63, 3.8) is 0 Å². The molecule has 0 spiro atoms. The molecule has 118 valence electrons. The van der Waals surface area contributed by atoms with Crippen molar-refractivity contribution in [2.75, 3.05) is 20.0 Å². The summed E-state index contributed by atoms with van der Waals surface area (Å²) >= 11 is 0. The van der Waals surface area contributed by atoms with Crippen molar-refractivity contribution < 1.29 is 18.9 Å². The number of ether oxygens (including phenoxy) is 4. The zero-order valence-corrected chi connectivity index (χ0v) is 13.2. The Labute approximate surface area is 127 Å². The summed E-state index contributed by atoms with van der Waals surface area (Å²) in [6.45, 7) is 8.32. The molecule has 21 heavy (non-hydrogen) atoms. The second-order valence-electron chi connectivity index (χ2n) is 5.99. The largest absolute Gasteiger partial charge is 0.355 e. The van der Waals surface area contributed by atoms with Crippen molar-refractivity contribution in [3.05, 3.63) is 35.9 Å². The highest BCUT2D eigenvalue weighted by molar-refractivity contribution is 5.13. The van der Waals surface area contributed by atoms with Gasteiger partial charge in [-0.2, -0.15) is 0 Å². The first-order chi connectivity index (χ1) is 10.1. The van der Waals surface area contributed by atoms with Gasteiger partial charge in [0.25, 0.3) is 0 Å². The Balaban J connectivity index is 1.60. The summed E-state index contributed by atoms with van der Waals surface area (Å²) in [5, 5.41) is 0. The van der Waals surface area contributed by atoms with Gasteiger partial charge in [0.15, 0.2) is 5.79 Å². The lowest BCUT2D eigenvalue weighted by molar-refractivity contribution is -0.284. The van der Waals surface area contributed by atoms with E-state index in [1.54, 1.807) is 0 Å². The topological polar surface area (TPSA) is 36.9 Å². The van der Waals surface area contributed by atoms with Gasteiger partial charge in [0.2, 0.25) is 0 Å². The molecule has 4 heteroatoms. The maximum atomic E-state index is 5.92. The molecule has 0 unspecified atom stereocenters. The molecule has 1 fully saturated rings. The van der Waals surface area contributed by atoms with E-state index in [0.29, 0.717) is 25.9 Å². The van der Waals surface area contributed by atoms with Crippen LogP contribution in [0.5, 0.6) is 0 Å². The lowest BCUT2D eigenvalue weighted by atomic mass is 10.0. The molecule has 0 amide bonds. The third-order valence-electron chi connectivity index (χ3n) is 3.58. The SMILES string of the molecule is C[C@@H](COCOCc1ccccc1)[C@H]1CCOC(C)(C)O1. The van der Waals surface area contributed by atoms with Gasteiger partial charge >= 0.3 is 0 Å². The van der Waals surface area contributed by atoms with Gasteiger partial charge in [0.1, 0.15) is 6.79 Å². The Bertz CT molecular complexity index is 405. The van der Waals surface area contributed by atoms with Gasteiger partial charge in [-0.3, -0.25) is 0 Å². The summed E-state index contributed by atoms with van der Waals surface area (Å²) in [6.07, 6.45) is 1.10. The quantitative estimate of drug-likeness (QED) is 0.571. The summed E-state index contributed by atoms with van der Waals surface area (Å²) < 4.78 is 22.6. The molecule has 1 saturated heterocycles. The van der Waals surface area contributed by atoms with Crippen LogP contribution in [-0.4, -0.2) is 31.9 Å². The molecular formula is C17H26O4. The monoisotopic (exact) mass is 294 g/mol. The van der Waals surface area contributed by atoms with Gasteiger partial charge < -0.3 is 18.9 Å². The van der Waals surface area contributed by atoms with Crippen LogP contribution >= 0.6 is 0 Å². The summed E-state index contributed by atoms with van der Waals surface area (Å²) in [5.74, 6) is -0.158. The zero-order chi connectivity index (χ0) is 15.1. The second kappa shape index (κ2) is 7.90. The highest BCUT2D eigenvalue weighted by Crippen LogP contribution is 2.26. The number of benzene rings is 1. The van der Waals surface area contributed by atoms with Crippen molar-refractivity contribution in [1.82, 2.24) is 0 Å². The molecular weight excluding hydrogens is 268 g/mol. The van der Waals surface area contributed by atoms with Crippen LogP contribution in [0.15, 0.2) is 30.3 Å². The molecule has 1 heterocycles. The predicted octanol–water partition coefficient (Wildman–Crippen LogP) is 3.36. The molecule has 1 aliphatic rings. The first kappa shape index (κ1) is 16.4. The smallest absolute Gasteiger partial charge is 0.163 e. The normalized spacial score (nSPS) is 22.9. The van der Waals surface area contributed by atoms with Crippen molar-refractivity contribution in [3.8, 4) is 0 Å². The van der Waals surface area contributed by atoms with Gasteiger partial charge in [-0.1, -0.05) is 37.3 Å². The Hall–Kier alpha value is -0.940. The van der Waals surface area contributed by atoms with Crippen LogP contribution in [0.3, 0.4) is 0 Å². The van der Waals surface area contributed by atoms with E-state index < -0.39 is 5.79 Å². The summed E-state index contributed by atoms with van der Waals surface area (Å²) in [5.41, 5.74) is 1.16. The summed E-state index contributed by atoms with van der Waals surface area (Å²) in [7, 11) is 0. The Kier molecular flexibility index (Phi) is 6.18. The standard InChI is InChI=1S/C17H26O4/c1-14(16-9-10-20-17(2,3)21-16)11-18-13-19-12-15-7-5-4-6-8-15/h4-8,14,16H,9-13H2,1-3H3/t14-,16+/m0/s1. The lowest BCUT2D eigenvalue weighted by Gasteiger charge is -2.38. The molecule has 1 aliphatic heterocycles. The third kappa shape index (κ3) is 5.75. The number of rotatable bonds is 7. The zero-order valence-electron chi connectivity index (χ0n) is 13.2. The van der Waals surface area contributed by atoms with E-state index in [2.05, 4.69) is 6.92 Å². The van der Waals surface area contributed by atoms with Gasteiger partial charge in [0, 0.05) is 5.92 Å². The van der Waals surface area contributed by atoms with Crippen molar-refractivity contribution in [2.24, 2.45) is 5.92 Å². The van der Waals surface area contributed by atoms with Gasteiger partial charge in [0.05, 0.1) is 25.9 Å². The van der Waals surface area contributed by atoms with E-state index in [1.165, 1.54) is 0 Å². The van der Waals surface area contributed by atoms with Crippen LogP contribution in [0.1, 0.15) is 32.8 Å². The van der Waals surface area contributed by atoms with Crippen molar-refractivity contribution >= 4 is 0 Å². The van der Waals surface area contributed by atoms with Crippen molar-refractivity contribution in [1.29, 1.82) is 0 Å². The van der Waals surface area contributed by atoms with Crippen LogP contribution in [0, 0.1) is 5.92 Å². The summed E-state index contributed by atoms with van der Waals surface area (Å²) in [6, 6.07) is 10.1. The van der Waals surface area contributed by atoms with E-state index in [-0.39, 0.29) is 6.10 Å². The molecule has 2 rings (SSSR count). The average molecular weight is 294 g/mol. The molecule has 2 atom stereocenters. The highest BCUT2D eigenvalue weighted by Gasteiger charge is 2.32. The number of hydrogen-bond donors (Lipinski definition) is 0. The van der Waals surface area contributed by atoms with Gasteiger partial charge in [-0.15, -0.1) is 0 Å². The molecule has 0 N–H and O–H groups in total. The fourth-order valence-electron chi connectivity index (χ4n) is 2.41. The fraction of sp³-hybridized carbons (Fsp3) is 0.647. The molecule has 1 aromatic carbocycles. The first-order valence-corrected chi connectivity index (χ1v) is 7.58. The van der Waals surface area contributed by atoms with Gasteiger partial charge in [-0.25, -0.2) is 0 Å². The van der Waals surface area contributed by atoms with Crippen LogP contribution in [0.25, 0.3) is 0 Å². The molecule has 0 saturated carbocycles. The molecule has 0 bridgehead atoms. The van der Waals surface area contributed by atoms with Crippen LogP contribution in [0.4, 0.5) is 0 Å². The predicted molar refractivity (Wildman–Crippen MR) is 80.7 cm³/mol. The average Bonchev–Trinajstić information content (AvgIpc) is 2.47. The highest BCUT2D eigenvalue weighted by atomic mass is 16.7. The Morgan fingerprint density at radius 3 is 2.71 bits per heavy atom. The lowest BCUT2D eigenvalue weighted by Crippen LogP contribution is -2.43. The maximum absolute atomic E-state index is 5.92. The van der Waals surface area contributed by atoms with Crippen LogP contribution in [-0.2, 0) is 25.6 Å². The molecule has 0 radical (unpaired) electrons. The van der Waals surface area contributed by atoms with E-state index in [4.69, 9.17) is 18.9 Å². The minimum Gasteiger partial charge on any atom is -0.355 e. The van der Waals surface area contributed by atoms with E-state index in [9.17, 15) is 0 Å². The Morgan fingerprint density at radius 2 is 2.00 bits per heavy atom. The number of hydrogen-bond acceptors (Lipinski definition) is 4. The molecule has 4 nitrogen and oxygen atoms in total. The van der Waals surface area contributed by atoms with E-state index in [1.807, 2.05) is 44.2 Å². The fourth-order valence-corrected chi connectivity index (χ4v) is 2.41. The third-order valence-corrected chi connectivity index (χ3v) is 3.58.